The number of carbonyl (C=O) groups excluding carboxylic acids is 2. The zero-order chi connectivity index (χ0) is 24.3. The number of Topliss-reactive ketones (excluding diaryl/α,β-unsaturated/α-hetero) is 1. The summed E-state index contributed by atoms with van der Waals surface area (Å²) in [5, 5.41) is 0. The van der Waals surface area contributed by atoms with Gasteiger partial charge in [0.15, 0.2) is 0 Å². The van der Waals surface area contributed by atoms with Gasteiger partial charge in [-0.05, 0) is 48.8 Å². The smallest absolute Gasteiger partial charge is 0.349 e. The van der Waals surface area contributed by atoms with E-state index in [9.17, 15) is 35.9 Å². The second-order valence-corrected chi connectivity index (χ2v) is 8.05. The molecule has 0 unspecified atom stereocenters. The van der Waals surface area contributed by atoms with Crippen LogP contribution in [0, 0.1) is 11.8 Å². The van der Waals surface area contributed by atoms with Gasteiger partial charge in [-0.1, -0.05) is 32.1 Å². The first-order valence-electron chi connectivity index (χ1n) is 8.96. The number of halogens is 7. The molecular weight excluding hydrogens is 527 g/mol. The van der Waals surface area contributed by atoms with Crippen LogP contribution < -0.4 is 0 Å². The number of nitrogens with zero attached hydrogens (tertiary/aromatic N) is 1. The van der Waals surface area contributed by atoms with Gasteiger partial charge >= 0.3 is 12.4 Å². The van der Waals surface area contributed by atoms with Gasteiger partial charge in [-0.25, -0.2) is 0 Å². The van der Waals surface area contributed by atoms with Crippen LogP contribution in [0.1, 0.15) is 40.0 Å². The quantitative estimate of drug-likeness (QED) is 0.191. The first-order valence-corrected chi connectivity index (χ1v) is 10.0. The van der Waals surface area contributed by atoms with E-state index in [1.807, 2.05) is 0 Å². The number of carbonyl (C=O) groups is 2. The van der Waals surface area contributed by atoms with Gasteiger partial charge in [-0.2, -0.15) is 26.3 Å². The van der Waals surface area contributed by atoms with Gasteiger partial charge in [-0.3, -0.25) is 9.59 Å². The van der Waals surface area contributed by atoms with Gasteiger partial charge in [0.1, 0.15) is 5.78 Å². The highest BCUT2D eigenvalue weighted by Gasteiger charge is 2.32. The van der Waals surface area contributed by atoms with Crippen LogP contribution in [0.15, 0.2) is 34.0 Å². The molecule has 2 atom stereocenters. The van der Waals surface area contributed by atoms with Crippen LogP contribution in [0.25, 0.3) is 0 Å². The van der Waals surface area contributed by atoms with E-state index >= 15 is 0 Å². The second kappa shape index (κ2) is 13.9. The molecule has 0 aliphatic carbocycles. The van der Waals surface area contributed by atoms with Crippen LogP contribution in [-0.4, -0.2) is 43.0 Å². The molecule has 0 spiro atoms. The molecule has 0 saturated heterocycles. The lowest BCUT2D eigenvalue weighted by Gasteiger charge is -2.15. The molecule has 0 rings (SSSR count). The third-order valence-electron chi connectivity index (χ3n) is 3.92. The van der Waals surface area contributed by atoms with E-state index in [0.29, 0.717) is 0 Å². The molecule has 0 aliphatic rings. The molecule has 10 heteroatoms. The largest absolute Gasteiger partial charge is 0.421 e. The molecule has 0 radical (unpaired) electrons. The van der Waals surface area contributed by atoms with Crippen LogP contribution in [0.3, 0.4) is 0 Å². The summed E-state index contributed by atoms with van der Waals surface area (Å²) in [6.07, 6.45) is -5.29. The van der Waals surface area contributed by atoms with Crippen molar-refractivity contribution in [3.8, 4) is 0 Å². The Hall–Kier alpha value is -1.33. The molecular formula is C20H28F6INO2. The first-order chi connectivity index (χ1) is 13.4. The Labute approximate surface area is 187 Å². The fourth-order valence-electron chi connectivity index (χ4n) is 1.89. The molecule has 1 amide bonds. The van der Waals surface area contributed by atoms with Crippen LogP contribution in [0.5, 0.6) is 0 Å². The number of allylic oxidation sites excluding steroid dienone is 5. The van der Waals surface area contributed by atoms with Crippen LogP contribution in [0.4, 0.5) is 26.3 Å². The Kier molecular flexibility index (Phi) is 14.3. The normalized spacial score (nSPS) is 14.9. The van der Waals surface area contributed by atoms with Crippen molar-refractivity contribution in [1.82, 2.24) is 4.90 Å². The van der Waals surface area contributed by atoms with Gasteiger partial charge in [0, 0.05) is 31.5 Å². The van der Waals surface area contributed by atoms with E-state index in [2.05, 4.69) is 6.58 Å². The lowest BCUT2D eigenvalue weighted by Crippen LogP contribution is -2.27. The minimum Gasteiger partial charge on any atom is -0.349 e. The second-order valence-electron chi connectivity index (χ2n) is 6.89. The van der Waals surface area contributed by atoms with E-state index in [4.69, 9.17) is 0 Å². The maximum atomic E-state index is 12.4. The Morgan fingerprint density at radius 3 is 1.77 bits per heavy atom. The van der Waals surface area contributed by atoms with Gasteiger partial charge in [0.2, 0.25) is 5.91 Å². The fourth-order valence-corrected chi connectivity index (χ4v) is 2.15. The molecule has 0 aromatic carbocycles. The van der Waals surface area contributed by atoms with Gasteiger partial charge in [0.25, 0.3) is 0 Å². The fraction of sp³-hybridized carbons (Fsp3) is 0.600. The Balaban J connectivity index is 0. The summed E-state index contributed by atoms with van der Waals surface area (Å²) in [5.74, 6) is -1.07. The van der Waals surface area contributed by atoms with Crippen molar-refractivity contribution in [2.45, 2.75) is 52.4 Å². The topological polar surface area (TPSA) is 37.4 Å². The molecule has 0 aromatic rings. The molecule has 0 saturated carbocycles. The van der Waals surface area contributed by atoms with Crippen molar-refractivity contribution in [3.63, 3.8) is 0 Å². The average molecular weight is 555 g/mol. The van der Waals surface area contributed by atoms with E-state index in [1.54, 1.807) is 27.9 Å². The van der Waals surface area contributed by atoms with E-state index < -0.39 is 27.4 Å². The molecule has 3 nitrogen and oxygen atoms in total. The van der Waals surface area contributed by atoms with Crippen LogP contribution >= 0.6 is 22.6 Å². The summed E-state index contributed by atoms with van der Waals surface area (Å²) < 4.78 is 72.7. The average Bonchev–Trinajstić information content (AvgIpc) is 2.60. The van der Waals surface area contributed by atoms with Crippen molar-refractivity contribution < 1.29 is 35.9 Å². The Morgan fingerprint density at radius 1 is 0.967 bits per heavy atom. The minimum absolute atomic E-state index is 0.105. The number of ketones is 1. The van der Waals surface area contributed by atoms with E-state index in [0.717, 1.165) is 12.2 Å². The predicted molar refractivity (Wildman–Crippen MR) is 114 cm³/mol. The van der Waals surface area contributed by atoms with Gasteiger partial charge in [0.05, 0.1) is 3.58 Å². The summed E-state index contributed by atoms with van der Waals surface area (Å²) >= 11 is 1.23. The first kappa shape index (κ1) is 30.9. The molecule has 0 bridgehead atoms. The minimum atomic E-state index is -4.33. The molecule has 30 heavy (non-hydrogen) atoms. The summed E-state index contributed by atoms with van der Waals surface area (Å²) in [6.45, 7) is 7.86. The maximum Gasteiger partial charge on any atom is 0.421 e. The van der Waals surface area contributed by atoms with Crippen molar-refractivity contribution in [3.05, 3.63) is 34.0 Å². The standard InChI is InChI=1S/C11H15F3O.C9H13F3INO/c1-4-5-10(11(12,13)14)7-6-8(2)9(3)15;1-6(8(15)14(2)3)4-5-7(13)9(10,11)12/h4,7-8H,1,5-6H2,2-3H3;5-6H,4H2,1-3H3/b10-7+;7-5-/t8-;6-/m00/s1. The van der Waals surface area contributed by atoms with E-state index in [1.165, 1.54) is 40.5 Å². The third kappa shape index (κ3) is 13.8. The molecule has 0 N–H and O–H groups in total. The Morgan fingerprint density at radius 2 is 1.43 bits per heavy atom. The number of hydrogen-bond acceptors (Lipinski definition) is 2. The number of rotatable bonds is 8. The Bertz CT molecular complexity index is 636. The van der Waals surface area contributed by atoms with Gasteiger partial charge in [-0.15, -0.1) is 6.58 Å². The van der Waals surface area contributed by atoms with Crippen LogP contribution in [-0.2, 0) is 9.59 Å². The summed E-state index contributed by atoms with van der Waals surface area (Å²) in [6, 6.07) is 0. The molecule has 0 heterocycles. The molecule has 0 aliphatic heterocycles. The zero-order valence-corrected chi connectivity index (χ0v) is 19.8. The highest BCUT2D eigenvalue weighted by atomic mass is 127. The number of hydrogen-bond donors (Lipinski definition) is 0. The van der Waals surface area contributed by atoms with Crippen molar-refractivity contribution in [2.24, 2.45) is 11.8 Å². The maximum absolute atomic E-state index is 12.4. The van der Waals surface area contributed by atoms with Crippen LogP contribution in [0.2, 0.25) is 0 Å². The highest BCUT2D eigenvalue weighted by molar-refractivity contribution is 14.1. The summed E-state index contributed by atoms with van der Waals surface area (Å²) in [4.78, 5) is 23.5. The molecule has 0 fully saturated rings. The number of alkyl halides is 6. The van der Waals surface area contributed by atoms with Gasteiger partial charge < -0.3 is 4.90 Å². The molecule has 0 aromatic heterocycles. The zero-order valence-electron chi connectivity index (χ0n) is 17.6. The number of amides is 1. The SMILES string of the molecule is C=CC/C(=C\C[C@H](C)C(C)=O)C(F)(F)F.C[C@@H](C/C=C(\I)C(F)(F)F)C(=O)N(C)C. The van der Waals surface area contributed by atoms with Crippen molar-refractivity contribution in [2.75, 3.05) is 14.1 Å². The van der Waals surface area contributed by atoms with Crippen molar-refractivity contribution >= 4 is 34.3 Å². The van der Waals surface area contributed by atoms with Crippen molar-refractivity contribution in [1.29, 1.82) is 0 Å². The summed E-state index contributed by atoms with van der Waals surface area (Å²) in [7, 11) is 3.16. The lowest BCUT2D eigenvalue weighted by atomic mass is 10.0. The highest BCUT2D eigenvalue weighted by Crippen LogP contribution is 2.31. The lowest BCUT2D eigenvalue weighted by molar-refractivity contribution is -0.132. The third-order valence-corrected chi connectivity index (χ3v) is 4.98. The monoisotopic (exact) mass is 555 g/mol. The van der Waals surface area contributed by atoms with E-state index in [-0.39, 0.29) is 36.9 Å². The predicted octanol–water partition coefficient (Wildman–Crippen LogP) is 6.65. The molecule has 174 valence electrons. The summed E-state index contributed by atoms with van der Waals surface area (Å²) in [5.41, 5.74) is -0.634.